The summed E-state index contributed by atoms with van der Waals surface area (Å²) in [6.07, 6.45) is 2.58. The summed E-state index contributed by atoms with van der Waals surface area (Å²) < 4.78 is 14.2. The summed E-state index contributed by atoms with van der Waals surface area (Å²) in [4.78, 5) is 0. The van der Waals surface area contributed by atoms with Crippen LogP contribution < -0.4 is 0 Å². The van der Waals surface area contributed by atoms with Crippen LogP contribution in [0.2, 0.25) is 0 Å². The van der Waals surface area contributed by atoms with E-state index in [4.69, 9.17) is 11.6 Å². The Hall–Kier alpha value is -0.570. The first-order valence-electron chi connectivity index (χ1n) is 5.97. The number of aryl methyl sites for hydroxylation is 2. The molecular weight excluding hydrogens is 227 g/mol. The molecule has 0 saturated carbocycles. The van der Waals surface area contributed by atoms with E-state index in [-0.39, 0.29) is 12.1 Å². The van der Waals surface area contributed by atoms with Crippen molar-refractivity contribution in [3.8, 4) is 0 Å². The van der Waals surface area contributed by atoms with Gasteiger partial charge in [-0.1, -0.05) is 20.8 Å². The largest absolute Gasteiger partial charge is 0.266 e. The zero-order chi connectivity index (χ0) is 12.1. The zero-order valence-corrected chi connectivity index (χ0v) is 11.0. The number of alkyl halides is 2. The first-order chi connectivity index (χ1) is 7.69. The molecule has 0 aliphatic rings. The average Bonchev–Trinajstić information content (AvgIpc) is 2.66. The fourth-order valence-corrected chi connectivity index (χ4v) is 2.28. The second kappa shape index (κ2) is 6.24. The van der Waals surface area contributed by atoms with Crippen LogP contribution in [0.4, 0.5) is 4.39 Å². The molecule has 92 valence electrons. The van der Waals surface area contributed by atoms with Crippen LogP contribution in [0.5, 0.6) is 0 Å². The molecule has 4 heteroatoms. The molecule has 1 unspecified atom stereocenters. The van der Waals surface area contributed by atoms with Crippen LogP contribution in [-0.4, -0.2) is 16.5 Å². The molecule has 0 aromatic carbocycles. The Morgan fingerprint density at radius 3 is 2.44 bits per heavy atom. The van der Waals surface area contributed by atoms with E-state index in [1.165, 1.54) is 0 Å². The number of halogens is 2. The maximum absolute atomic E-state index is 12.4. The van der Waals surface area contributed by atoms with Crippen molar-refractivity contribution < 1.29 is 4.39 Å². The van der Waals surface area contributed by atoms with Crippen LogP contribution in [0.25, 0.3) is 0 Å². The summed E-state index contributed by atoms with van der Waals surface area (Å²) in [7, 11) is 0. The summed E-state index contributed by atoms with van der Waals surface area (Å²) in [5.74, 6) is 0. The summed E-state index contributed by atoms with van der Waals surface area (Å²) >= 11 is 6.32. The lowest BCUT2D eigenvalue weighted by Crippen LogP contribution is -2.07. The molecule has 0 aliphatic heterocycles. The smallest absolute Gasteiger partial charge is 0.109 e. The van der Waals surface area contributed by atoms with E-state index in [0.717, 1.165) is 36.2 Å². The van der Waals surface area contributed by atoms with Gasteiger partial charge in [0.25, 0.3) is 0 Å². The number of rotatable bonds is 6. The van der Waals surface area contributed by atoms with E-state index in [2.05, 4.69) is 25.9 Å². The molecule has 0 fully saturated rings. The first-order valence-corrected chi connectivity index (χ1v) is 6.41. The molecule has 0 radical (unpaired) electrons. The minimum atomic E-state index is -0.379. The summed E-state index contributed by atoms with van der Waals surface area (Å²) in [5.41, 5.74) is 3.24. The normalized spacial score (nSPS) is 13.1. The minimum Gasteiger partial charge on any atom is -0.266 e. The van der Waals surface area contributed by atoms with Gasteiger partial charge in [-0.2, -0.15) is 5.10 Å². The van der Waals surface area contributed by atoms with Gasteiger partial charge >= 0.3 is 0 Å². The molecule has 1 aromatic rings. The van der Waals surface area contributed by atoms with Crippen LogP contribution in [0.15, 0.2) is 0 Å². The predicted molar refractivity (Wildman–Crippen MR) is 65.8 cm³/mol. The highest BCUT2D eigenvalue weighted by molar-refractivity contribution is 6.20. The molecule has 1 heterocycles. The lowest BCUT2D eigenvalue weighted by molar-refractivity contribution is 0.419. The summed E-state index contributed by atoms with van der Waals surface area (Å²) in [6.45, 7) is 6.14. The Morgan fingerprint density at radius 1 is 1.31 bits per heavy atom. The molecule has 0 spiro atoms. The van der Waals surface area contributed by atoms with Gasteiger partial charge in [0.15, 0.2) is 0 Å². The average molecular weight is 247 g/mol. The molecule has 1 aromatic heterocycles. The van der Waals surface area contributed by atoms with E-state index in [1.807, 2.05) is 0 Å². The van der Waals surface area contributed by atoms with Gasteiger partial charge in [-0.3, -0.25) is 4.68 Å². The lowest BCUT2D eigenvalue weighted by Gasteiger charge is -2.10. The number of hydrogen-bond donors (Lipinski definition) is 0. The third-order valence-electron chi connectivity index (χ3n) is 2.81. The second-order valence-corrected chi connectivity index (χ2v) is 4.33. The van der Waals surface area contributed by atoms with Crippen LogP contribution in [-0.2, 0) is 19.4 Å². The van der Waals surface area contributed by atoms with Crippen molar-refractivity contribution in [3.05, 3.63) is 17.0 Å². The Morgan fingerprint density at radius 2 is 2.00 bits per heavy atom. The number of nitrogens with zero attached hydrogens (tertiary/aromatic N) is 2. The Balaban J connectivity index is 3.19. The third kappa shape index (κ3) is 2.57. The quantitative estimate of drug-likeness (QED) is 0.701. The van der Waals surface area contributed by atoms with Gasteiger partial charge < -0.3 is 0 Å². The molecule has 0 aliphatic carbocycles. The molecule has 1 atom stereocenters. The monoisotopic (exact) mass is 246 g/mol. The molecule has 0 N–H and O–H groups in total. The topological polar surface area (TPSA) is 17.8 Å². The lowest BCUT2D eigenvalue weighted by atomic mass is 10.0. The predicted octanol–water partition coefficient (Wildman–Crippen LogP) is 3.67. The van der Waals surface area contributed by atoms with E-state index >= 15 is 0 Å². The molecule has 2 nitrogen and oxygen atoms in total. The van der Waals surface area contributed by atoms with Gasteiger partial charge in [-0.15, -0.1) is 11.6 Å². The van der Waals surface area contributed by atoms with E-state index < -0.39 is 0 Å². The standard InChI is InChI=1S/C12H20ClFN2/c1-4-9(13)12-10(5-2)15-16(8-7-14)11(12)6-3/h9H,4-8H2,1-3H3. The Kier molecular flexibility index (Phi) is 5.26. The Bertz CT molecular complexity index is 336. The SMILES string of the molecule is CCc1nn(CCF)c(CC)c1C(Cl)CC. The fraction of sp³-hybridized carbons (Fsp3) is 0.750. The Labute approximate surface area is 102 Å². The molecular formula is C12H20ClFN2. The van der Waals surface area contributed by atoms with Crippen molar-refractivity contribution in [1.82, 2.24) is 9.78 Å². The second-order valence-electron chi connectivity index (χ2n) is 3.80. The number of hydrogen-bond acceptors (Lipinski definition) is 1. The van der Waals surface area contributed by atoms with Crippen LogP contribution in [0.1, 0.15) is 49.5 Å². The van der Waals surface area contributed by atoms with Gasteiger partial charge in [-0.05, 0) is 19.3 Å². The highest BCUT2D eigenvalue weighted by Gasteiger charge is 2.20. The zero-order valence-electron chi connectivity index (χ0n) is 10.3. The first kappa shape index (κ1) is 13.5. The van der Waals surface area contributed by atoms with Crippen LogP contribution in [0, 0.1) is 0 Å². The van der Waals surface area contributed by atoms with Gasteiger partial charge in [0.1, 0.15) is 6.67 Å². The molecule has 1 rings (SSSR count). The minimum absolute atomic E-state index is 0.00161. The summed E-state index contributed by atoms with van der Waals surface area (Å²) in [5, 5.41) is 4.45. The maximum atomic E-state index is 12.4. The van der Waals surface area contributed by atoms with Crippen molar-refractivity contribution in [2.24, 2.45) is 0 Å². The van der Waals surface area contributed by atoms with Crippen molar-refractivity contribution in [2.45, 2.75) is 52.0 Å². The van der Waals surface area contributed by atoms with Gasteiger partial charge in [0, 0.05) is 11.3 Å². The highest BCUT2D eigenvalue weighted by atomic mass is 35.5. The van der Waals surface area contributed by atoms with E-state index in [1.54, 1.807) is 4.68 Å². The van der Waals surface area contributed by atoms with Gasteiger partial charge in [-0.25, -0.2) is 4.39 Å². The third-order valence-corrected chi connectivity index (χ3v) is 3.34. The van der Waals surface area contributed by atoms with Gasteiger partial charge in [0.05, 0.1) is 17.6 Å². The van der Waals surface area contributed by atoms with E-state index in [0.29, 0.717) is 6.54 Å². The molecule has 0 amide bonds. The molecule has 0 bridgehead atoms. The van der Waals surface area contributed by atoms with Crippen molar-refractivity contribution in [1.29, 1.82) is 0 Å². The van der Waals surface area contributed by atoms with Gasteiger partial charge in [0.2, 0.25) is 0 Å². The fourth-order valence-electron chi connectivity index (χ4n) is 2.03. The van der Waals surface area contributed by atoms with Crippen molar-refractivity contribution in [3.63, 3.8) is 0 Å². The van der Waals surface area contributed by atoms with Crippen molar-refractivity contribution in [2.75, 3.05) is 6.67 Å². The molecule has 16 heavy (non-hydrogen) atoms. The van der Waals surface area contributed by atoms with Crippen LogP contribution >= 0.6 is 11.6 Å². The molecule has 0 saturated heterocycles. The summed E-state index contributed by atoms with van der Waals surface area (Å²) in [6, 6.07) is 0. The van der Waals surface area contributed by atoms with Crippen molar-refractivity contribution >= 4 is 11.6 Å². The maximum Gasteiger partial charge on any atom is 0.109 e. The van der Waals surface area contributed by atoms with Crippen LogP contribution in [0.3, 0.4) is 0 Å². The van der Waals surface area contributed by atoms with E-state index in [9.17, 15) is 4.39 Å². The highest BCUT2D eigenvalue weighted by Crippen LogP contribution is 2.30. The number of aromatic nitrogens is 2.